The molecule has 0 spiro atoms. The topological polar surface area (TPSA) is 88.1 Å². The van der Waals surface area contributed by atoms with E-state index in [4.69, 9.17) is 0 Å². The highest BCUT2D eigenvalue weighted by Gasteiger charge is 2.19. The molecule has 0 fully saturated rings. The lowest BCUT2D eigenvalue weighted by Gasteiger charge is -2.09. The van der Waals surface area contributed by atoms with E-state index in [-0.39, 0.29) is 11.9 Å². The van der Waals surface area contributed by atoms with E-state index >= 15 is 0 Å². The minimum Gasteiger partial charge on any atom is -0.341 e. The number of benzene rings is 2. The average Bonchev–Trinajstić information content (AvgIpc) is 2.96. The van der Waals surface area contributed by atoms with Crippen LogP contribution in [0.5, 0.6) is 0 Å². The molecule has 7 nitrogen and oxygen atoms in total. The molecule has 144 valence electrons. The van der Waals surface area contributed by atoms with Crippen LogP contribution in [0.2, 0.25) is 0 Å². The van der Waals surface area contributed by atoms with Gasteiger partial charge in [0.25, 0.3) is 5.91 Å². The highest BCUT2D eigenvalue weighted by atomic mass is 16.2. The summed E-state index contributed by atoms with van der Waals surface area (Å²) in [5.41, 5.74) is 4.33. The summed E-state index contributed by atoms with van der Waals surface area (Å²) in [7, 11) is 1.54. The van der Waals surface area contributed by atoms with Gasteiger partial charge in [0, 0.05) is 24.1 Å². The van der Waals surface area contributed by atoms with Gasteiger partial charge < -0.3 is 16.0 Å². The summed E-state index contributed by atoms with van der Waals surface area (Å²) in [6.07, 6.45) is 0. The Morgan fingerprint density at radius 2 is 1.64 bits per heavy atom. The van der Waals surface area contributed by atoms with Crippen LogP contribution < -0.4 is 16.0 Å². The fourth-order valence-electron chi connectivity index (χ4n) is 3.00. The Hall–Kier alpha value is -3.61. The smallest absolute Gasteiger partial charge is 0.318 e. The standard InChI is InChI=1S/C21H23N5O2/c1-14-19(15(2)26(25-14)13-16-8-5-4-6-9-16)20(27)23-17-10-7-11-18(12-17)24-21(28)22-3/h4-12H,13H2,1-3H3,(H,23,27)(H2,22,24,28). The van der Waals surface area contributed by atoms with Crippen LogP contribution in [0.15, 0.2) is 54.6 Å². The van der Waals surface area contributed by atoms with Crippen molar-refractivity contribution in [1.29, 1.82) is 0 Å². The second kappa shape index (κ2) is 8.39. The molecule has 0 aliphatic heterocycles. The van der Waals surface area contributed by atoms with Gasteiger partial charge in [0.15, 0.2) is 0 Å². The van der Waals surface area contributed by atoms with Crippen LogP contribution in [0.25, 0.3) is 0 Å². The molecule has 0 radical (unpaired) electrons. The summed E-state index contributed by atoms with van der Waals surface area (Å²) in [6, 6.07) is 16.6. The molecule has 0 aliphatic rings. The Kier molecular flexibility index (Phi) is 5.74. The highest BCUT2D eigenvalue weighted by molar-refractivity contribution is 6.06. The summed E-state index contributed by atoms with van der Waals surface area (Å²) >= 11 is 0. The van der Waals surface area contributed by atoms with Crippen molar-refractivity contribution < 1.29 is 9.59 Å². The largest absolute Gasteiger partial charge is 0.341 e. The Balaban J connectivity index is 1.78. The molecule has 3 aromatic rings. The molecule has 3 amide bonds. The Bertz CT molecular complexity index is 995. The first-order chi connectivity index (χ1) is 13.5. The summed E-state index contributed by atoms with van der Waals surface area (Å²) in [5.74, 6) is -0.230. The van der Waals surface area contributed by atoms with Gasteiger partial charge in [0.1, 0.15) is 0 Å². The van der Waals surface area contributed by atoms with Gasteiger partial charge in [-0.3, -0.25) is 9.48 Å². The normalized spacial score (nSPS) is 10.4. The minimum absolute atomic E-state index is 0.230. The van der Waals surface area contributed by atoms with Gasteiger partial charge in [-0.1, -0.05) is 36.4 Å². The monoisotopic (exact) mass is 377 g/mol. The Morgan fingerprint density at radius 3 is 2.32 bits per heavy atom. The first-order valence-electron chi connectivity index (χ1n) is 8.96. The number of hydrogen-bond acceptors (Lipinski definition) is 3. The number of aromatic nitrogens is 2. The van der Waals surface area contributed by atoms with E-state index in [2.05, 4.69) is 21.0 Å². The van der Waals surface area contributed by atoms with Crippen LogP contribution in [-0.4, -0.2) is 28.8 Å². The second-order valence-electron chi connectivity index (χ2n) is 6.43. The lowest BCUT2D eigenvalue weighted by molar-refractivity contribution is 0.102. The van der Waals surface area contributed by atoms with Crippen LogP contribution in [0, 0.1) is 13.8 Å². The average molecular weight is 377 g/mol. The van der Waals surface area contributed by atoms with E-state index in [0.29, 0.717) is 29.2 Å². The SMILES string of the molecule is CNC(=O)Nc1cccc(NC(=O)c2c(C)nn(Cc3ccccc3)c2C)c1. The number of anilines is 2. The lowest BCUT2D eigenvalue weighted by atomic mass is 10.1. The molecule has 28 heavy (non-hydrogen) atoms. The third kappa shape index (κ3) is 4.37. The van der Waals surface area contributed by atoms with Crippen molar-refractivity contribution in [2.24, 2.45) is 0 Å². The maximum absolute atomic E-state index is 12.8. The number of carbonyl (C=O) groups excluding carboxylic acids is 2. The third-order valence-electron chi connectivity index (χ3n) is 4.39. The predicted octanol–water partition coefficient (Wildman–Crippen LogP) is 3.55. The number of rotatable bonds is 5. The van der Waals surface area contributed by atoms with Crippen LogP contribution in [0.1, 0.15) is 27.3 Å². The zero-order chi connectivity index (χ0) is 20.1. The highest BCUT2D eigenvalue weighted by Crippen LogP contribution is 2.19. The van der Waals surface area contributed by atoms with Crippen molar-refractivity contribution in [3.63, 3.8) is 0 Å². The second-order valence-corrected chi connectivity index (χ2v) is 6.43. The Morgan fingerprint density at radius 1 is 0.964 bits per heavy atom. The number of amides is 3. The number of carbonyl (C=O) groups is 2. The quantitative estimate of drug-likeness (QED) is 0.635. The van der Waals surface area contributed by atoms with E-state index in [0.717, 1.165) is 11.3 Å². The van der Waals surface area contributed by atoms with Crippen LogP contribution in [-0.2, 0) is 6.54 Å². The van der Waals surface area contributed by atoms with Crippen molar-refractivity contribution in [2.75, 3.05) is 17.7 Å². The molecule has 0 saturated carbocycles. The van der Waals surface area contributed by atoms with Gasteiger partial charge in [0.2, 0.25) is 0 Å². The molecule has 0 atom stereocenters. The molecule has 2 aromatic carbocycles. The first-order valence-corrected chi connectivity index (χ1v) is 8.96. The lowest BCUT2D eigenvalue weighted by Crippen LogP contribution is -2.24. The molecular formula is C21H23N5O2. The van der Waals surface area contributed by atoms with Crippen LogP contribution >= 0.6 is 0 Å². The fraction of sp³-hybridized carbons (Fsp3) is 0.190. The maximum Gasteiger partial charge on any atom is 0.318 e. The third-order valence-corrected chi connectivity index (χ3v) is 4.39. The van der Waals surface area contributed by atoms with Gasteiger partial charge in [0.05, 0.1) is 17.8 Å². The van der Waals surface area contributed by atoms with Crippen molar-refractivity contribution >= 4 is 23.3 Å². The van der Waals surface area contributed by atoms with Gasteiger partial charge >= 0.3 is 6.03 Å². The van der Waals surface area contributed by atoms with Gasteiger partial charge in [-0.15, -0.1) is 0 Å². The molecule has 1 aromatic heterocycles. The number of nitrogens with one attached hydrogen (secondary N) is 3. The molecule has 0 unspecified atom stereocenters. The van der Waals surface area contributed by atoms with Gasteiger partial charge in [-0.25, -0.2) is 4.79 Å². The number of hydrogen-bond donors (Lipinski definition) is 3. The zero-order valence-corrected chi connectivity index (χ0v) is 16.1. The summed E-state index contributed by atoms with van der Waals surface area (Å²) in [4.78, 5) is 24.3. The van der Waals surface area contributed by atoms with E-state index in [1.807, 2.05) is 48.9 Å². The molecule has 0 bridgehead atoms. The molecule has 0 aliphatic carbocycles. The van der Waals surface area contributed by atoms with Crippen LogP contribution in [0.4, 0.5) is 16.2 Å². The molecule has 7 heteroatoms. The molecule has 3 N–H and O–H groups in total. The number of nitrogens with zero attached hydrogens (tertiary/aromatic N) is 2. The fourth-order valence-corrected chi connectivity index (χ4v) is 3.00. The molecule has 1 heterocycles. The van der Waals surface area contributed by atoms with E-state index < -0.39 is 0 Å². The van der Waals surface area contributed by atoms with E-state index in [9.17, 15) is 9.59 Å². The number of aryl methyl sites for hydroxylation is 1. The van der Waals surface area contributed by atoms with Gasteiger partial charge in [-0.05, 0) is 37.6 Å². The number of urea groups is 1. The summed E-state index contributed by atoms with van der Waals surface area (Å²) in [6.45, 7) is 4.32. The zero-order valence-electron chi connectivity index (χ0n) is 16.1. The van der Waals surface area contributed by atoms with Crippen LogP contribution in [0.3, 0.4) is 0 Å². The summed E-state index contributed by atoms with van der Waals surface area (Å²) in [5, 5.41) is 12.6. The van der Waals surface area contributed by atoms with Gasteiger partial charge in [-0.2, -0.15) is 5.10 Å². The molecular weight excluding hydrogens is 354 g/mol. The van der Waals surface area contributed by atoms with Crippen molar-refractivity contribution in [3.8, 4) is 0 Å². The summed E-state index contributed by atoms with van der Waals surface area (Å²) < 4.78 is 1.84. The predicted molar refractivity (Wildman–Crippen MR) is 110 cm³/mol. The minimum atomic E-state index is -0.322. The molecule has 3 rings (SSSR count). The Labute approximate surface area is 163 Å². The van der Waals surface area contributed by atoms with E-state index in [1.165, 1.54) is 0 Å². The molecule has 0 saturated heterocycles. The first kappa shape index (κ1) is 19.2. The van der Waals surface area contributed by atoms with Crippen molar-refractivity contribution in [1.82, 2.24) is 15.1 Å². The van der Waals surface area contributed by atoms with Crippen molar-refractivity contribution in [3.05, 3.63) is 77.1 Å². The maximum atomic E-state index is 12.8. The van der Waals surface area contributed by atoms with Crippen molar-refractivity contribution in [2.45, 2.75) is 20.4 Å². The van der Waals surface area contributed by atoms with E-state index in [1.54, 1.807) is 31.3 Å².